The average Bonchev–Trinajstić information content (AvgIpc) is 2.97. The Morgan fingerprint density at radius 1 is 1.45 bits per heavy atom. The van der Waals surface area contributed by atoms with E-state index in [1.807, 2.05) is 26.2 Å². The molecule has 0 aliphatic carbocycles. The summed E-state index contributed by atoms with van der Waals surface area (Å²) in [5.41, 5.74) is 0.795. The lowest BCUT2D eigenvalue weighted by Gasteiger charge is -2.14. The van der Waals surface area contributed by atoms with E-state index in [1.165, 1.54) is 16.0 Å². The van der Waals surface area contributed by atoms with E-state index >= 15 is 0 Å². The van der Waals surface area contributed by atoms with Gasteiger partial charge in [0, 0.05) is 22.8 Å². The van der Waals surface area contributed by atoms with Crippen LogP contribution in [0.2, 0.25) is 0 Å². The summed E-state index contributed by atoms with van der Waals surface area (Å²) in [5.74, 6) is -0.580. The molecule has 9 nitrogen and oxygen atoms in total. The second-order valence-corrected chi connectivity index (χ2v) is 6.57. The molecule has 2 rings (SSSR count). The zero-order valence-electron chi connectivity index (χ0n) is 12.7. The van der Waals surface area contributed by atoms with Crippen molar-refractivity contribution in [2.24, 2.45) is 0 Å². The fraction of sp³-hybridized carbons (Fsp3) is 0.500. The van der Waals surface area contributed by atoms with Gasteiger partial charge in [0.05, 0.1) is 5.69 Å². The van der Waals surface area contributed by atoms with Gasteiger partial charge in [-0.05, 0) is 9.91 Å². The van der Waals surface area contributed by atoms with E-state index in [4.69, 9.17) is 0 Å². The van der Waals surface area contributed by atoms with Crippen LogP contribution in [0.4, 0.5) is 11.1 Å². The number of hydrogen-bond donors (Lipinski definition) is 1. The topological polar surface area (TPSA) is 116 Å². The van der Waals surface area contributed by atoms with Crippen molar-refractivity contribution >= 4 is 28.3 Å². The third-order valence-electron chi connectivity index (χ3n) is 2.82. The molecule has 0 saturated carbocycles. The SMILES string of the molecule is Cc1nc([N+](=O)[O-])nn1CC(=O)Nc1nc(C(C)(C)C)cs1. The number of rotatable bonds is 4. The first-order valence-electron chi connectivity index (χ1n) is 6.48. The molecule has 2 heterocycles. The summed E-state index contributed by atoms with van der Waals surface area (Å²) in [7, 11) is 0. The van der Waals surface area contributed by atoms with Crippen LogP contribution in [0.1, 0.15) is 32.3 Å². The molecule has 2 aromatic rings. The Morgan fingerprint density at radius 3 is 2.64 bits per heavy atom. The molecule has 0 bridgehead atoms. The second kappa shape index (κ2) is 5.79. The van der Waals surface area contributed by atoms with E-state index in [0.717, 1.165) is 5.69 Å². The first-order chi connectivity index (χ1) is 10.2. The molecule has 1 N–H and O–H groups in total. The normalized spacial score (nSPS) is 11.5. The number of hydrogen-bond acceptors (Lipinski definition) is 7. The molecule has 2 aromatic heterocycles. The van der Waals surface area contributed by atoms with E-state index in [1.54, 1.807) is 6.92 Å². The monoisotopic (exact) mass is 324 g/mol. The van der Waals surface area contributed by atoms with Crippen molar-refractivity contribution in [3.8, 4) is 0 Å². The number of nitrogens with one attached hydrogen (secondary N) is 1. The number of carbonyl (C=O) groups excluding carboxylic acids is 1. The van der Waals surface area contributed by atoms with Crippen LogP contribution in [0.3, 0.4) is 0 Å². The van der Waals surface area contributed by atoms with Gasteiger partial charge in [0.25, 0.3) is 0 Å². The smallest absolute Gasteiger partial charge is 0.390 e. The van der Waals surface area contributed by atoms with Crippen LogP contribution < -0.4 is 5.32 Å². The Kier molecular flexibility index (Phi) is 4.22. The molecule has 0 fully saturated rings. The molecular weight excluding hydrogens is 308 g/mol. The highest BCUT2D eigenvalue weighted by molar-refractivity contribution is 7.13. The lowest BCUT2D eigenvalue weighted by Crippen LogP contribution is -2.20. The number of aromatic nitrogens is 4. The van der Waals surface area contributed by atoms with Crippen molar-refractivity contribution in [2.75, 3.05) is 5.32 Å². The lowest BCUT2D eigenvalue weighted by molar-refractivity contribution is -0.394. The predicted octanol–water partition coefficient (Wildman–Crippen LogP) is 1.89. The van der Waals surface area contributed by atoms with Gasteiger partial charge >= 0.3 is 5.95 Å². The minimum absolute atomic E-state index is 0.0947. The third-order valence-corrected chi connectivity index (χ3v) is 3.58. The summed E-state index contributed by atoms with van der Waals surface area (Å²) in [6.07, 6.45) is 0. The standard InChI is InChI=1S/C12H16N6O3S/c1-7-13-10(18(20)21)16-17(7)5-9(19)15-11-14-8(6-22-11)12(2,3)4/h6H,5H2,1-4H3,(H,14,15,19). The van der Waals surface area contributed by atoms with Gasteiger partial charge in [0.15, 0.2) is 5.13 Å². The molecule has 0 unspecified atom stereocenters. The van der Waals surface area contributed by atoms with Crippen LogP contribution in [0.5, 0.6) is 0 Å². The molecule has 0 saturated heterocycles. The first kappa shape index (κ1) is 16.0. The fourth-order valence-corrected chi connectivity index (χ4v) is 2.56. The van der Waals surface area contributed by atoms with Crippen LogP contribution in [0.15, 0.2) is 5.38 Å². The molecule has 1 amide bonds. The molecule has 22 heavy (non-hydrogen) atoms. The highest BCUT2D eigenvalue weighted by Gasteiger charge is 2.21. The molecule has 0 atom stereocenters. The Balaban J connectivity index is 2.04. The van der Waals surface area contributed by atoms with Gasteiger partial charge in [-0.3, -0.25) is 4.79 Å². The maximum absolute atomic E-state index is 12.0. The number of thiazole rings is 1. The summed E-state index contributed by atoms with van der Waals surface area (Å²) >= 11 is 1.33. The van der Waals surface area contributed by atoms with Crippen molar-refractivity contribution in [3.63, 3.8) is 0 Å². The number of amides is 1. The molecule has 0 radical (unpaired) electrons. The van der Waals surface area contributed by atoms with Crippen LogP contribution >= 0.6 is 11.3 Å². The maximum Gasteiger partial charge on any atom is 0.491 e. The van der Waals surface area contributed by atoms with Crippen LogP contribution in [0.25, 0.3) is 0 Å². The zero-order valence-corrected chi connectivity index (χ0v) is 13.5. The molecule has 0 spiro atoms. The van der Waals surface area contributed by atoms with E-state index < -0.39 is 10.9 Å². The van der Waals surface area contributed by atoms with Crippen molar-refractivity contribution in [1.29, 1.82) is 0 Å². The highest BCUT2D eigenvalue weighted by Crippen LogP contribution is 2.26. The second-order valence-electron chi connectivity index (χ2n) is 5.71. The Hall–Kier alpha value is -2.36. The summed E-state index contributed by atoms with van der Waals surface area (Å²) in [6.45, 7) is 7.49. The molecule has 10 heteroatoms. The molecule has 118 valence electrons. The van der Waals surface area contributed by atoms with Gasteiger partial charge in [0.2, 0.25) is 11.7 Å². The number of nitrogens with zero attached hydrogens (tertiary/aromatic N) is 5. The van der Waals surface area contributed by atoms with Gasteiger partial charge in [-0.15, -0.1) is 11.3 Å². The van der Waals surface area contributed by atoms with E-state index in [-0.39, 0.29) is 17.9 Å². The minimum atomic E-state index is -0.697. The summed E-state index contributed by atoms with van der Waals surface area (Å²) in [5, 5.41) is 19.3. The summed E-state index contributed by atoms with van der Waals surface area (Å²) in [4.78, 5) is 29.9. The van der Waals surface area contributed by atoms with Crippen molar-refractivity contribution in [2.45, 2.75) is 39.7 Å². The van der Waals surface area contributed by atoms with Gasteiger partial charge in [-0.25, -0.2) is 4.98 Å². The fourth-order valence-electron chi connectivity index (χ4n) is 1.60. The summed E-state index contributed by atoms with van der Waals surface area (Å²) < 4.78 is 1.19. The molecule has 0 aliphatic rings. The maximum atomic E-state index is 12.0. The van der Waals surface area contributed by atoms with Gasteiger partial charge < -0.3 is 15.4 Å². The third kappa shape index (κ3) is 3.64. The Labute approximate surface area is 130 Å². The number of nitro groups is 1. The van der Waals surface area contributed by atoms with Crippen molar-refractivity contribution in [1.82, 2.24) is 19.7 Å². The van der Waals surface area contributed by atoms with Crippen molar-refractivity contribution < 1.29 is 9.72 Å². The Morgan fingerprint density at radius 2 is 2.14 bits per heavy atom. The van der Waals surface area contributed by atoms with E-state index in [2.05, 4.69) is 20.4 Å². The van der Waals surface area contributed by atoms with E-state index in [0.29, 0.717) is 11.0 Å². The van der Waals surface area contributed by atoms with Gasteiger partial charge in [-0.1, -0.05) is 20.8 Å². The molecule has 0 aliphatic heterocycles. The zero-order chi connectivity index (χ0) is 16.5. The number of carbonyl (C=O) groups is 1. The lowest BCUT2D eigenvalue weighted by atomic mass is 9.93. The van der Waals surface area contributed by atoms with Gasteiger partial charge in [-0.2, -0.15) is 4.68 Å². The minimum Gasteiger partial charge on any atom is -0.390 e. The van der Waals surface area contributed by atoms with E-state index in [9.17, 15) is 14.9 Å². The predicted molar refractivity (Wildman–Crippen MR) is 80.9 cm³/mol. The first-order valence-corrected chi connectivity index (χ1v) is 7.36. The molecule has 0 aromatic carbocycles. The quantitative estimate of drug-likeness (QED) is 0.678. The number of aryl methyl sites for hydroxylation is 1. The summed E-state index contributed by atoms with van der Waals surface area (Å²) in [6, 6.07) is 0. The van der Waals surface area contributed by atoms with Gasteiger partial charge in [0.1, 0.15) is 6.54 Å². The molecular formula is C12H16N6O3S. The Bertz CT molecular complexity index is 715. The van der Waals surface area contributed by atoms with Crippen molar-refractivity contribution in [3.05, 3.63) is 27.0 Å². The number of anilines is 1. The highest BCUT2D eigenvalue weighted by atomic mass is 32.1. The van der Waals surface area contributed by atoms with Crippen LogP contribution in [-0.4, -0.2) is 30.6 Å². The van der Waals surface area contributed by atoms with Crippen LogP contribution in [-0.2, 0) is 16.8 Å². The average molecular weight is 324 g/mol. The largest absolute Gasteiger partial charge is 0.491 e. The van der Waals surface area contributed by atoms with Crippen LogP contribution in [0, 0.1) is 17.0 Å².